The molecule has 2 aliphatic rings. The first-order valence-corrected chi connectivity index (χ1v) is 23.9. The summed E-state index contributed by atoms with van der Waals surface area (Å²) in [5, 5.41) is 11.9. The van der Waals surface area contributed by atoms with Gasteiger partial charge in [0.1, 0.15) is 12.1 Å². The predicted molar refractivity (Wildman–Crippen MR) is 257 cm³/mol. The Morgan fingerprint density at radius 1 is 0.600 bits per heavy atom. The molecule has 0 radical (unpaired) electrons. The van der Waals surface area contributed by atoms with Crippen LogP contribution in [0.15, 0.2) is 60.7 Å². The van der Waals surface area contributed by atoms with Gasteiger partial charge in [0.25, 0.3) is 0 Å². The number of hydrogen-bond acceptors (Lipinski definition) is 8. The molecule has 2 aromatic carbocycles. The Bertz CT molecular complexity index is 1730. The molecular formula is C51H80N8O6. The molecule has 65 heavy (non-hydrogen) atoms. The van der Waals surface area contributed by atoms with Gasteiger partial charge in [0.15, 0.2) is 0 Å². The molecule has 2 aliphatic heterocycles. The van der Waals surface area contributed by atoms with E-state index in [4.69, 9.17) is 0 Å². The molecule has 0 aliphatic carbocycles. The van der Waals surface area contributed by atoms with Crippen molar-refractivity contribution >= 4 is 35.4 Å². The first-order valence-electron chi connectivity index (χ1n) is 23.9. The average Bonchev–Trinajstić information content (AvgIpc) is 3.95. The van der Waals surface area contributed by atoms with Gasteiger partial charge in [-0.25, -0.2) is 0 Å². The summed E-state index contributed by atoms with van der Waals surface area (Å²) in [7, 11) is 3.42. The fourth-order valence-corrected chi connectivity index (χ4v) is 8.73. The molecule has 6 amide bonds. The number of likely N-dealkylation sites (N-methyl/N-ethyl adjacent to an activating group) is 2. The van der Waals surface area contributed by atoms with E-state index in [-0.39, 0.29) is 60.4 Å². The normalized spacial score (nSPS) is 18.4. The van der Waals surface area contributed by atoms with Crippen molar-refractivity contribution in [1.29, 1.82) is 0 Å². The summed E-state index contributed by atoms with van der Waals surface area (Å²) in [4.78, 5) is 90.5. The number of nitrogens with one attached hydrogen (secondary N) is 4. The Kier molecular flexibility index (Phi) is 20.0. The predicted octanol–water partition coefficient (Wildman–Crippen LogP) is 4.56. The van der Waals surface area contributed by atoms with Crippen LogP contribution >= 0.6 is 0 Å². The molecule has 0 spiro atoms. The SMILES string of the molecule is CN[C@@H](C)C(=O)N[C@H](C(=O)N1CCC[C@H]1CN(CCc1ccccc1)C(=O)CCCC(=O)N(CCc1ccccc1)C[C@@H]1CCCN1C(=O)[C@@H](NC(=O)[C@H](C)NC)C(C)(C)C)C(C)(C)C. The molecule has 4 N–H and O–H groups in total. The summed E-state index contributed by atoms with van der Waals surface area (Å²) < 4.78 is 0. The number of benzene rings is 2. The van der Waals surface area contributed by atoms with Crippen LogP contribution in [0.25, 0.3) is 0 Å². The van der Waals surface area contributed by atoms with Crippen molar-refractivity contribution in [2.45, 2.75) is 149 Å². The van der Waals surface area contributed by atoms with Gasteiger partial charge in [-0.05, 0) is 94.8 Å². The third-order valence-electron chi connectivity index (χ3n) is 13.1. The Hall–Kier alpha value is -4.82. The van der Waals surface area contributed by atoms with E-state index in [0.29, 0.717) is 58.5 Å². The molecule has 0 unspecified atom stereocenters. The zero-order valence-electron chi connectivity index (χ0n) is 41.1. The van der Waals surface area contributed by atoms with Gasteiger partial charge in [0.05, 0.1) is 12.1 Å². The van der Waals surface area contributed by atoms with Crippen molar-refractivity contribution in [1.82, 2.24) is 40.9 Å². The Labute approximate surface area is 389 Å². The maximum atomic E-state index is 14.3. The minimum atomic E-state index is -0.738. The van der Waals surface area contributed by atoms with Gasteiger partial charge in [-0.1, -0.05) is 102 Å². The summed E-state index contributed by atoms with van der Waals surface area (Å²) in [5.41, 5.74) is 1.12. The smallest absolute Gasteiger partial charge is 0.246 e. The van der Waals surface area contributed by atoms with Crippen molar-refractivity contribution < 1.29 is 28.8 Å². The van der Waals surface area contributed by atoms with Gasteiger partial charge in [-0.15, -0.1) is 0 Å². The summed E-state index contributed by atoms with van der Waals surface area (Å²) in [6, 6.07) is 17.2. The van der Waals surface area contributed by atoms with E-state index in [1.165, 1.54) is 0 Å². The van der Waals surface area contributed by atoms with E-state index in [9.17, 15) is 28.8 Å². The third kappa shape index (κ3) is 15.7. The molecule has 2 heterocycles. The number of carbonyl (C=O) groups is 6. The van der Waals surface area contributed by atoms with Crippen molar-refractivity contribution in [2.24, 2.45) is 10.8 Å². The zero-order chi connectivity index (χ0) is 47.9. The van der Waals surface area contributed by atoms with Crippen molar-refractivity contribution in [3.05, 3.63) is 71.8 Å². The van der Waals surface area contributed by atoms with Gasteiger partial charge in [-0.3, -0.25) is 28.8 Å². The van der Waals surface area contributed by atoms with Gasteiger partial charge in [-0.2, -0.15) is 0 Å². The maximum absolute atomic E-state index is 14.3. The molecule has 0 bridgehead atoms. The van der Waals surface area contributed by atoms with Crippen LogP contribution in [-0.4, -0.2) is 145 Å². The lowest BCUT2D eigenvalue weighted by Gasteiger charge is -2.38. The van der Waals surface area contributed by atoms with Crippen molar-refractivity contribution in [2.75, 3.05) is 53.4 Å². The molecule has 2 fully saturated rings. The number of likely N-dealkylation sites (tertiary alicyclic amines) is 2. The van der Waals surface area contributed by atoms with Crippen LogP contribution in [-0.2, 0) is 41.6 Å². The summed E-state index contributed by atoms with van der Waals surface area (Å²) in [6.45, 7) is 18.0. The maximum Gasteiger partial charge on any atom is 0.246 e. The topological polar surface area (TPSA) is 163 Å². The van der Waals surface area contributed by atoms with E-state index in [1.807, 2.05) is 122 Å². The van der Waals surface area contributed by atoms with E-state index in [2.05, 4.69) is 21.3 Å². The first kappa shape index (κ1) is 52.8. The third-order valence-corrected chi connectivity index (χ3v) is 13.1. The van der Waals surface area contributed by atoms with Crippen LogP contribution in [0.1, 0.15) is 111 Å². The van der Waals surface area contributed by atoms with E-state index >= 15 is 0 Å². The quantitative estimate of drug-likeness (QED) is 0.134. The summed E-state index contributed by atoms with van der Waals surface area (Å²) in [6.07, 6.45) is 5.06. The molecule has 14 nitrogen and oxygen atoms in total. The highest BCUT2D eigenvalue weighted by atomic mass is 16.2. The largest absolute Gasteiger partial charge is 0.342 e. The standard InChI is InChI=1S/C51H80N8O6/c1-36(52-9)46(62)54-44(50(3,4)5)48(64)58-30-18-24-40(58)34-56(32-28-38-20-13-11-14-21-38)42(60)26-17-27-43(61)57(33-29-39-22-15-12-16-23-39)35-41-25-19-31-59(41)49(65)45(51(6,7)8)55-47(63)37(2)53-10/h11-16,20-23,36-37,40-41,44-45,52-53H,17-19,24-35H2,1-10H3,(H,54,62)(H,55,63)/t36-,37-,40-,41-,44+,45+/m0/s1. The highest BCUT2D eigenvalue weighted by Crippen LogP contribution is 2.28. The molecule has 14 heteroatoms. The van der Waals surface area contributed by atoms with Crippen LogP contribution in [0.3, 0.4) is 0 Å². The van der Waals surface area contributed by atoms with E-state index in [1.54, 1.807) is 27.9 Å². The number of amides is 6. The second kappa shape index (κ2) is 24.6. The van der Waals surface area contributed by atoms with Gasteiger partial charge < -0.3 is 40.9 Å². The number of rotatable bonds is 22. The highest BCUT2D eigenvalue weighted by molar-refractivity contribution is 5.91. The van der Waals surface area contributed by atoms with Crippen LogP contribution in [0, 0.1) is 10.8 Å². The number of hydrogen-bond donors (Lipinski definition) is 4. The fraction of sp³-hybridized carbons (Fsp3) is 0.647. The van der Waals surface area contributed by atoms with Gasteiger partial charge >= 0.3 is 0 Å². The lowest BCUT2D eigenvalue weighted by atomic mass is 9.85. The minimum Gasteiger partial charge on any atom is -0.342 e. The highest BCUT2D eigenvalue weighted by Gasteiger charge is 2.42. The molecule has 0 saturated carbocycles. The Balaban J connectivity index is 1.49. The molecule has 360 valence electrons. The Morgan fingerprint density at radius 2 is 0.954 bits per heavy atom. The first-order chi connectivity index (χ1) is 30.7. The summed E-state index contributed by atoms with van der Waals surface area (Å²) in [5.74, 6) is -0.900. The van der Waals surface area contributed by atoms with E-state index in [0.717, 1.165) is 36.8 Å². The second-order valence-electron chi connectivity index (χ2n) is 20.3. The molecule has 0 aromatic heterocycles. The monoisotopic (exact) mass is 901 g/mol. The Morgan fingerprint density at radius 3 is 1.28 bits per heavy atom. The number of carbonyl (C=O) groups excluding carboxylic acids is 6. The average molecular weight is 901 g/mol. The fourth-order valence-electron chi connectivity index (χ4n) is 8.73. The zero-order valence-corrected chi connectivity index (χ0v) is 41.1. The molecular weight excluding hydrogens is 821 g/mol. The molecule has 4 rings (SSSR count). The van der Waals surface area contributed by atoms with Crippen LogP contribution in [0.5, 0.6) is 0 Å². The number of nitrogens with zero attached hydrogens (tertiary/aromatic N) is 4. The van der Waals surface area contributed by atoms with Crippen LogP contribution in [0.2, 0.25) is 0 Å². The van der Waals surface area contributed by atoms with E-state index < -0.39 is 35.0 Å². The second-order valence-corrected chi connectivity index (χ2v) is 20.3. The minimum absolute atomic E-state index is 0.0668. The van der Waals surface area contributed by atoms with Crippen molar-refractivity contribution in [3.63, 3.8) is 0 Å². The van der Waals surface area contributed by atoms with Crippen molar-refractivity contribution in [3.8, 4) is 0 Å². The lowest BCUT2D eigenvalue weighted by molar-refractivity contribution is -0.142. The lowest BCUT2D eigenvalue weighted by Crippen LogP contribution is -2.59. The molecule has 6 atom stereocenters. The molecule has 2 aromatic rings. The van der Waals surface area contributed by atoms with Gasteiger partial charge in [0.2, 0.25) is 35.4 Å². The summed E-state index contributed by atoms with van der Waals surface area (Å²) >= 11 is 0. The molecule has 2 saturated heterocycles. The van der Waals surface area contributed by atoms with Crippen LogP contribution < -0.4 is 21.3 Å². The van der Waals surface area contributed by atoms with Crippen LogP contribution in [0.4, 0.5) is 0 Å². The van der Waals surface area contributed by atoms with Gasteiger partial charge in [0, 0.05) is 64.2 Å².